The minimum absolute atomic E-state index is 0.170. The number of rotatable bonds is 3. The van der Waals surface area contributed by atoms with Crippen molar-refractivity contribution in [2.45, 2.75) is 78.9 Å². The zero-order valence-corrected chi connectivity index (χ0v) is 22.7. The first-order valence-electron chi connectivity index (χ1n) is 9.79. The molecule has 23 heavy (non-hydrogen) atoms. The summed E-state index contributed by atoms with van der Waals surface area (Å²) >= 11 is 0. The Morgan fingerprint density at radius 3 is 1.13 bits per heavy atom. The second-order valence-electron chi connectivity index (χ2n) is 8.73. The maximum absolute atomic E-state index is 6.68. The summed E-state index contributed by atoms with van der Waals surface area (Å²) in [6, 6.07) is 0. The number of ether oxygens (including phenoxy) is 3. The van der Waals surface area contributed by atoms with Crippen molar-refractivity contribution in [3.63, 3.8) is 0 Å². The fourth-order valence-electron chi connectivity index (χ4n) is 5.66. The molecular formula is C16H36O3Si4. The summed E-state index contributed by atoms with van der Waals surface area (Å²) in [5.74, 6) is 0. The van der Waals surface area contributed by atoms with Gasteiger partial charge in [-0.25, -0.2) is 0 Å². The van der Waals surface area contributed by atoms with Crippen LogP contribution >= 0.6 is 0 Å². The van der Waals surface area contributed by atoms with Gasteiger partial charge in [0.1, 0.15) is 8.07 Å². The zero-order chi connectivity index (χ0) is 16.6. The Balaban J connectivity index is 2.04. The molecule has 0 saturated carbocycles. The third kappa shape index (κ3) is 2.94. The molecule has 134 valence electrons. The lowest BCUT2D eigenvalue weighted by Gasteiger charge is -2.64. The van der Waals surface area contributed by atoms with Crippen molar-refractivity contribution in [2.24, 2.45) is 0 Å². The molecule has 0 aromatic carbocycles. The van der Waals surface area contributed by atoms with Crippen LogP contribution in [0.5, 0.6) is 0 Å². The zero-order valence-electron chi connectivity index (χ0n) is 15.7. The SMILES string of the molecule is C[Si](C1([SiH3])CCCCO1)(C1([SiH3])CCCCO1)C1([SiH3])CCCCO1. The van der Waals surface area contributed by atoms with Crippen LogP contribution in [0.25, 0.3) is 0 Å². The van der Waals surface area contributed by atoms with E-state index in [0.717, 1.165) is 50.5 Å². The van der Waals surface area contributed by atoms with Crippen LogP contribution in [-0.2, 0) is 14.2 Å². The minimum atomic E-state index is -1.90. The molecule has 3 nitrogen and oxygen atoms in total. The fourth-order valence-corrected chi connectivity index (χ4v) is 27.9. The summed E-state index contributed by atoms with van der Waals surface area (Å²) in [5, 5.41) is 0. The largest absolute Gasteiger partial charge is 0.383 e. The van der Waals surface area contributed by atoms with Crippen LogP contribution in [0, 0.1) is 0 Å². The lowest BCUT2D eigenvalue weighted by atomic mass is 10.2. The van der Waals surface area contributed by atoms with E-state index in [4.69, 9.17) is 14.2 Å². The molecule has 3 unspecified atom stereocenters. The van der Waals surface area contributed by atoms with E-state index in [9.17, 15) is 0 Å². The predicted molar refractivity (Wildman–Crippen MR) is 109 cm³/mol. The molecule has 0 aliphatic carbocycles. The second-order valence-corrected chi connectivity index (χ2v) is 22.0. The van der Waals surface area contributed by atoms with E-state index in [2.05, 4.69) is 6.55 Å². The molecule has 3 heterocycles. The predicted octanol–water partition coefficient (Wildman–Crippen LogP) is -0.531. The highest BCUT2D eigenvalue weighted by atomic mass is 28.4. The Morgan fingerprint density at radius 2 is 0.913 bits per heavy atom. The fraction of sp³-hybridized carbons (Fsp3) is 1.00. The van der Waals surface area contributed by atoms with Crippen molar-refractivity contribution in [3.05, 3.63) is 0 Å². The van der Waals surface area contributed by atoms with Gasteiger partial charge in [0, 0.05) is 65.1 Å². The molecule has 3 atom stereocenters. The standard InChI is InChI=1S/C16H36O3Si4/c1-23(14(20)8-2-5-11-17-14,15(21)9-3-6-12-18-15)16(22)10-4-7-13-19-16/h2-13H2,1,20-22H3. The van der Waals surface area contributed by atoms with Gasteiger partial charge in [0.2, 0.25) is 0 Å². The number of hydrogen-bond donors (Lipinski definition) is 0. The van der Waals surface area contributed by atoms with Gasteiger partial charge in [-0.15, -0.1) is 0 Å². The van der Waals surface area contributed by atoms with Crippen LogP contribution in [0.3, 0.4) is 0 Å². The lowest BCUT2D eigenvalue weighted by molar-refractivity contribution is -0.0376. The van der Waals surface area contributed by atoms with E-state index in [0.29, 0.717) is 0 Å². The minimum Gasteiger partial charge on any atom is -0.383 e. The molecule has 3 aliphatic rings. The Bertz CT molecular complexity index is 354. The van der Waals surface area contributed by atoms with Crippen molar-refractivity contribution in [3.8, 4) is 0 Å². The van der Waals surface area contributed by atoms with E-state index in [1.807, 2.05) is 0 Å². The van der Waals surface area contributed by atoms with Crippen molar-refractivity contribution in [2.75, 3.05) is 19.8 Å². The average Bonchev–Trinajstić information content (AvgIpc) is 2.56. The quantitative estimate of drug-likeness (QED) is 0.608. The third-order valence-electron chi connectivity index (χ3n) is 7.58. The van der Waals surface area contributed by atoms with Gasteiger partial charge in [-0.1, -0.05) is 6.55 Å². The van der Waals surface area contributed by atoms with Crippen LogP contribution in [0.2, 0.25) is 6.55 Å². The summed E-state index contributed by atoms with van der Waals surface area (Å²) < 4.78 is 20.0. The van der Waals surface area contributed by atoms with Crippen LogP contribution in [0.1, 0.15) is 57.8 Å². The first kappa shape index (κ1) is 18.5. The maximum Gasteiger partial charge on any atom is 0.144 e. The van der Waals surface area contributed by atoms with Crippen molar-refractivity contribution in [1.29, 1.82) is 0 Å². The van der Waals surface area contributed by atoms with Gasteiger partial charge in [0.15, 0.2) is 0 Å². The van der Waals surface area contributed by atoms with Crippen LogP contribution in [0.4, 0.5) is 0 Å². The summed E-state index contributed by atoms with van der Waals surface area (Å²) in [6.07, 6.45) is 11.6. The van der Waals surface area contributed by atoms with E-state index in [-0.39, 0.29) is 14.5 Å². The topological polar surface area (TPSA) is 27.7 Å². The summed E-state index contributed by atoms with van der Waals surface area (Å²) in [5.41, 5.74) is 0. The van der Waals surface area contributed by atoms with Crippen molar-refractivity contribution in [1.82, 2.24) is 0 Å². The Morgan fingerprint density at radius 1 is 0.609 bits per heavy atom. The average molecular weight is 389 g/mol. The molecule has 0 bridgehead atoms. The van der Waals surface area contributed by atoms with Crippen molar-refractivity contribution >= 4 is 38.8 Å². The van der Waals surface area contributed by atoms with E-state index in [1.54, 1.807) is 0 Å². The molecule has 0 aromatic heterocycles. The van der Waals surface area contributed by atoms with E-state index >= 15 is 0 Å². The van der Waals surface area contributed by atoms with Gasteiger partial charge in [0.05, 0.1) is 0 Å². The maximum atomic E-state index is 6.68. The van der Waals surface area contributed by atoms with E-state index in [1.165, 1.54) is 57.8 Å². The van der Waals surface area contributed by atoms with Gasteiger partial charge in [0.25, 0.3) is 0 Å². The van der Waals surface area contributed by atoms with Gasteiger partial charge in [-0.2, -0.15) is 0 Å². The summed E-state index contributed by atoms with van der Waals surface area (Å²) in [7, 11) is 1.53. The summed E-state index contributed by atoms with van der Waals surface area (Å²) in [4.78, 5) is 0.510. The van der Waals surface area contributed by atoms with Crippen LogP contribution in [-0.4, -0.2) is 73.2 Å². The molecule has 0 amide bonds. The second kappa shape index (κ2) is 6.81. The first-order valence-corrected chi connectivity index (χ1v) is 15.3. The van der Waals surface area contributed by atoms with Crippen LogP contribution in [0.15, 0.2) is 0 Å². The molecule has 0 spiro atoms. The van der Waals surface area contributed by atoms with Gasteiger partial charge >= 0.3 is 0 Å². The number of hydrogen-bond acceptors (Lipinski definition) is 3. The van der Waals surface area contributed by atoms with Crippen LogP contribution < -0.4 is 0 Å². The highest BCUT2D eigenvalue weighted by Crippen LogP contribution is 2.50. The molecule has 3 saturated heterocycles. The highest BCUT2D eigenvalue weighted by Gasteiger charge is 2.68. The van der Waals surface area contributed by atoms with Gasteiger partial charge < -0.3 is 14.2 Å². The van der Waals surface area contributed by atoms with Gasteiger partial charge in [-0.05, 0) is 57.8 Å². The molecule has 7 heteroatoms. The van der Waals surface area contributed by atoms with Gasteiger partial charge in [-0.3, -0.25) is 0 Å². The Labute approximate surface area is 151 Å². The molecule has 3 aliphatic heterocycles. The molecule has 3 rings (SSSR count). The van der Waals surface area contributed by atoms with Crippen molar-refractivity contribution < 1.29 is 14.2 Å². The Kier molecular flexibility index (Phi) is 5.49. The highest BCUT2D eigenvalue weighted by molar-refractivity contribution is 6.99. The first-order chi connectivity index (χ1) is 10.9. The molecule has 0 aromatic rings. The molecule has 0 radical (unpaired) electrons. The monoisotopic (exact) mass is 388 g/mol. The summed E-state index contributed by atoms with van der Waals surface area (Å²) in [6.45, 7) is 5.58. The normalized spacial score (nSPS) is 45.8. The van der Waals surface area contributed by atoms with E-state index < -0.39 is 8.07 Å². The molecule has 0 N–H and O–H groups in total. The molecule has 3 fully saturated rings. The lowest BCUT2D eigenvalue weighted by Crippen LogP contribution is -2.84. The molecular weight excluding hydrogens is 353 g/mol. The third-order valence-corrected chi connectivity index (χ3v) is 26.5. The smallest absolute Gasteiger partial charge is 0.144 e. The Hall–Kier alpha value is 0.748.